The predicted octanol–water partition coefficient (Wildman–Crippen LogP) is 4.09. The van der Waals surface area contributed by atoms with E-state index in [1.54, 1.807) is 0 Å². The Morgan fingerprint density at radius 1 is 1.25 bits per heavy atom. The van der Waals surface area contributed by atoms with Crippen LogP contribution in [0, 0.1) is 0 Å². The molecule has 1 saturated heterocycles. The zero-order chi connectivity index (χ0) is 19.1. The fourth-order valence-electron chi connectivity index (χ4n) is 3.44. The average Bonchev–Trinajstić information content (AvgIpc) is 2.92. The Balaban J connectivity index is 0.00000280. The topological polar surface area (TPSA) is 55.3 Å². The zero-order valence-corrected chi connectivity index (χ0v) is 19.8. The third kappa shape index (κ3) is 6.29. The highest BCUT2D eigenvalue weighted by Gasteiger charge is 2.22. The Labute approximate surface area is 190 Å². The normalized spacial score (nSPS) is 17.7. The van der Waals surface area contributed by atoms with Crippen LogP contribution in [0.5, 0.6) is 11.5 Å². The molecule has 8 heteroatoms. The predicted molar refractivity (Wildman–Crippen MR) is 124 cm³/mol. The molecule has 28 heavy (non-hydrogen) atoms. The molecular formula is C20H31ClIN3O3. The SMILES string of the molecule is CCNC(=NCc1cc(Cl)c2c(c1)OCCCO2)N1CCC(OCC)CC1.I. The number of hydrogen-bond acceptors (Lipinski definition) is 4. The lowest BCUT2D eigenvalue weighted by Gasteiger charge is -2.34. The van der Waals surface area contributed by atoms with Crippen LogP contribution in [0.3, 0.4) is 0 Å². The minimum absolute atomic E-state index is 0. The average molecular weight is 524 g/mol. The number of aliphatic imine (C=N–C) groups is 1. The van der Waals surface area contributed by atoms with Crippen LogP contribution in [-0.4, -0.2) is 56.4 Å². The Morgan fingerprint density at radius 2 is 2.00 bits per heavy atom. The van der Waals surface area contributed by atoms with Crippen molar-refractivity contribution in [2.24, 2.45) is 4.99 Å². The van der Waals surface area contributed by atoms with Crippen molar-refractivity contribution in [3.05, 3.63) is 22.7 Å². The molecule has 158 valence electrons. The summed E-state index contributed by atoms with van der Waals surface area (Å²) in [5.74, 6) is 2.30. The number of nitrogens with one attached hydrogen (secondary N) is 1. The van der Waals surface area contributed by atoms with Gasteiger partial charge in [0.15, 0.2) is 17.5 Å². The summed E-state index contributed by atoms with van der Waals surface area (Å²) in [6, 6.07) is 3.91. The second-order valence-corrected chi connectivity index (χ2v) is 7.17. The monoisotopic (exact) mass is 523 g/mol. The molecular weight excluding hydrogens is 493 g/mol. The molecule has 2 heterocycles. The Morgan fingerprint density at radius 3 is 2.71 bits per heavy atom. The van der Waals surface area contributed by atoms with E-state index in [4.69, 9.17) is 30.8 Å². The summed E-state index contributed by atoms with van der Waals surface area (Å²) in [6.45, 7) is 9.50. The molecule has 1 aromatic carbocycles. The molecule has 0 spiro atoms. The van der Waals surface area contributed by atoms with Gasteiger partial charge in [-0.05, 0) is 44.4 Å². The molecule has 0 atom stereocenters. The lowest BCUT2D eigenvalue weighted by molar-refractivity contribution is 0.0263. The van der Waals surface area contributed by atoms with Gasteiger partial charge in [-0.15, -0.1) is 24.0 Å². The number of piperidine rings is 1. The van der Waals surface area contributed by atoms with Crippen molar-refractivity contribution in [3.63, 3.8) is 0 Å². The van der Waals surface area contributed by atoms with Crippen LogP contribution < -0.4 is 14.8 Å². The first-order chi connectivity index (χ1) is 13.2. The number of halogens is 2. The summed E-state index contributed by atoms with van der Waals surface area (Å²) in [5, 5.41) is 3.99. The Kier molecular flexibility index (Phi) is 9.94. The fourth-order valence-corrected chi connectivity index (χ4v) is 3.73. The van der Waals surface area contributed by atoms with Gasteiger partial charge in [0.25, 0.3) is 0 Å². The van der Waals surface area contributed by atoms with E-state index in [1.807, 2.05) is 12.1 Å². The Hall–Kier alpha value is -0.930. The van der Waals surface area contributed by atoms with Crippen molar-refractivity contribution >= 4 is 41.5 Å². The molecule has 0 aromatic heterocycles. The summed E-state index contributed by atoms with van der Waals surface area (Å²) in [6.07, 6.45) is 3.30. The molecule has 2 aliphatic heterocycles. The van der Waals surface area contributed by atoms with Crippen molar-refractivity contribution in [2.45, 2.75) is 45.8 Å². The molecule has 1 aromatic rings. The third-order valence-corrected chi connectivity index (χ3v) is 5.03. The van der Waals surface area contributed by atoms with E-state index in [-0.39, 0.29) is 24.0 Å². The summed E-state index contributed by atoms with van der Waals surface area (Å²) in [4.78, 5) is 7.14. The smallest absolute Gasteiger partial charge is 0.194 e. The summed E-state index contributed by atoms with van der Waals surface area (Å²) in [7, 11) is 0. The zero-order valence-electron chi connectivity index (χ0n) is 16.7. The number of rotatable bonds is 5. The summed E-state index contributed by atoms with van der Waals surface area (Å²) >= 11 is 6.40. The second kappa shape index (κ2) is 11.9. The lowest BCUT2D eigenvalue weighted by Crippen LogP contribution is -2.47. The van der Waals surface area contributed by atoms with Gasteiger partial charge in [0.1, 0.15) is 0 Å². The minimum atomic E-state index is 0. The highest BCUT2D eigenvalue weighted by atomic mass is 127. The van der Waals surface area contributed by atoms with E-state index in [1.165, 1.54) is 0 Å². The number of benzene rings is 1. The van der Waals surface area contributed by atoms with Crippen molar-refractivity contribution in [3.8, 4) is 11.5 Å². The highest BCUT2D eigenvalue weighted by molar-refractivity contribution is 14.0. The highest BCUT2D eigenvalue weighted by Crippen LogP contribution is 2.38. The summed E-state index contributed by atoms with van der Waals surface area (Å²) in [5.41, 5.74) is 1.02. The fraction of sp³-hybridized carbons (Fsp3) is 0.650. The van der Waals surface area contributed by atoms with Gasteiger partial charge in [-0.2, -0.15) is 0 Å². The number of hydrogen-bond donors (Lipinski definition) is 1. The minimum Gasteiger partial charge on any atom is -0.489 e. The number of guanidine groups is 1. The van der Waals surface area contributed by atoms with Crippen LogP contribution in [0.25, 0.3) is 0 Å². The first kappa shape index (κ1) is 23.3. The molecule has 1 N–H and O–H groups in total. The maximum absolute atomic E-state index is 6.40. The van der Waals surface area contributed by atoms with E-state index >= 15 is 0 Å². The maximum atomic E-state index is 6.40. The van der Waals surface area contributed by atoms with E-state index in [9.17, 15) is 0 Å². The quantitative estimate of drug-likeness (QED) is 0.358. The van der Waals surface area contributed by atoms with Gasteiger partial charge in [0.2, 0.25) is 0 Å². The second-order valence-electron chi connectivity index (χ2n) is 6.77. The lowest BCUT2D eigenvalue weighted by atomic mass is 10.1. The molecule has 0 saturated carbocycles. The largest absolute Gasteiger partial charge is 0.489 e. The van der Waals surface area contributed by atoms with Gasteiger partial charge in [-0.1, -0.05) is 11.6 Å². The van der Waals surface area contributed by atoms with E-state index in [2.05, 4.69) is 24.1 Å². The molecule has 0 aliphatic carbocycles. The molecule has 0 radical (unpaired) electrons. The van der Waals surface area contributed by atoms with Crippen molar-refractivity contribution in [1.82, 2.24) is 10.2 Å². The molecule has 0 amide bonds. The number of fused-ring (bicyclic) bond motifs is 1. The number of ether oxygens (including phenoxy) is 3. The first-order valence-corrected chi connectivity index (χ1v) is 10.3. The molecule has 2 aliphatic rings. The summed E-state index contributed by atoms with van der Waals surface area (Å²) < 4.78 is 17.2. The van der Waals surface area contributed by atoms with Crippen LogP contribution in [0.15, 0.2) is 17.1 Å². The van der Waals surface area contributed by atoms with E-state index < -0.39 is 0 Å². The van der Waals surface area contributed by atoms with Crippen LogP contribution in [0.4, 0.5) is 0 Å². The van der Waals surface area contributed by atoms with Gasteiger partial charge in [-0.3, -0.25) is 0 Å². The molecule has 6 nitrogen and oxygen atoms in total. The number of likely N-dealkylation sites (tertiary alicyclic amines) is 1. The molecule has 0 bridgehead atoms. The van der Waals surface area contributed by atoms with E-state index in [0.717, 1.165) is 57.0 Å². The van der Waals surface area contributed by atoms with Gasteiger partial charge in [0, 0.05) is 32.7 Å². The van der Waals surface area contributed by atoms with E-state index in [0.29, 0.717) is 42.4 Å². The van der Waals surface area contributed by atoms with Crippen LogP contribution >= 0.6 is 35.6 Å². The molecule has 1 fully saturated rings. The number of nitrogens with zero attached hydrogens (tertiary/aromatic N) is 2. The van der Waals surface area contributed by atoms with Crippen molar-refractivity contribution in [2.75, 3.05) is 39.5 Å². The van der Waals surface area contributed by atoms with Crippen LogP contribution in [0.2, 0.25) is 5.02 Å². The third-order valence-electron chi connectivity index (χ3n) is 4.75. The first-order valence-electron chi connectivity index (χ1n) is 9.94. The van der Waals surface area contributed by atoms with Gasteiger partial charge in [-0.25, -0.2) is 4.99 Å². The maximum Gasteiger partial charge on any atom is 0.194 e. The van der Waals surface area contributed by atoms with Gasteiger partial charge in [0.05, 0.1) is 30.9 Å². The Bertz CT molecular complexity index is 652. The molecule has 0 unspecified atom stereocenters. The van der Waals surface area contributed by atoms with Gasteiger partial charge >= 0.3 is 0 Å². The molecule has 3 rings (SSSR count). The van der Waals surface area contributed by atoms with Gasteiger partial charge < -0.3 is 24.4 Å². The van der Waals surface area contributed by atoms with Crippen LogP contribution in [-0.2, 0) is 11.3 Å². The van der Waals surface area contributed by atoms with Crippen molar-refractivity contribution in [1.29, 1.82) is 0 Å². The van der Waals surface area contributed by atoms with Crippen LogP contribution in [0.1, 0.15) is 38.7 Å². The van der Waals surface area contributed by atoms with Crippen molar-refractivity contribution < 1.29 is 14.2 Å². The standard InChI is InChI=1S/C20H30ClN3O3.HI/c1-3-22-20(24-8-6-16(7-9-24)25-4-2)23-14-15-12-17(21)19-18(13-15)26-10-5-11-27-19;/h12-13,16H,3-11,14H2,1-2H3,(H,22,23);1H.